The molecule has 4 nitrogen and oxygen atoms in total. The lowest BCUT2D eigenvalue weighted by Gasteiger charge is -2.14. The summed E-state index contributed by atoms with van der Waals surface area (Å²) in [4.78, 5) is 20.5. The number of amidine groups is 1. The van der Waals surface area contributed by atoms with E-state index in [4.69, 9.17) is 0 Å². The number of nitrogens with one attached hydrogen (secondary N) is 1. The number of halogens is 1. The lowest BCUT2D eigenvalue weighted by Crippen LogP contribution is -2.35. The number of carbonyl (C=O) groups is 1. The molecule has 5 heteroatoms. The molecule has 0 spiro atoms. The molecule has 2 aliphatic rings. The van der Waals surface area contributed by atoms with Crippen molar-refractivity contribution in [3.05, 3.63) is 42.2 Å². The SMILES string of the molecule is O=C(NC1CC1)C1C=CC=NC1=Nc1cccc(F)c1. The molecule has 1 aromatic rings. The molecule has 1 saturated carbocycles. The highest BCUT2D eigenvalue weighted by molar-refractivity contribution is 6.11. The summed E-state index contributed by atoms with van der Waals surface area (Å²) in [6, 6.07) is 6.22. The Bertz CT molecular complexity index is 617. The van der Waals surface area contributed by atoms with Crippen LogP contribution in [-0.4, -0.2) is 24.0 Å². The molecule has 1 heterocycles. The number of allylic oxidation sites excluding steroid dienone is 1. The zero-order chi connectivity index (χ0) is 13.9. The molecule has 1 aliphatic heterocycles. The van der Waals surface area contributed by atoms with Crippen molar-refractivity contribution in [1.29, 1.82) is 0 Å². The van der Waals surface area contributed by atoms with Gasteiger partial charge in [-0.1, -0.05) is 12.1 Å². The van der Waals surface area contributed by atoms with Crippen LogP contribution in [0.15, 0.2) is 46.4 Å². The third-order valence-corrected chi connectivity index (χ3v) is 3.13. The third kappa shape index (κ3) is 2.99. The van der Waals surface area contributed by atoms with Gasteiger partial charge in [-0.2, -0.15) is 0 Å². The zero-order valence-electron chi connectivity index (χ0n) is 10.8. The summed E-state index contributed by atoms with van der Waals surface area (Å²) < 4.78 is 13.2. The summed E-state index contributed by atoms with van der Waals surface area (Å²) in [5, 5.41) is 2.93. The van der Waals surface area contributed by atoms with Crippen LogP contribution in [-0.2, 0) is 4.79 Å². The van der Waals surface area contributed by atoms with Crippen LogP contribution in [0.4, 0.5) is 10.1 Å². The Morgan fingerprint density at radius 1 is 1.40 bits per heavy atom. The van der Waals surface area contributed by atoms with Crippen molar-refractivity contribution in [2.24, 2.45) is 15.9 Å². The number of benzene rings is 1. The quantitative estimate of drug-likeness (QED) is 0.901. The van der Waals surface area contributed by atoms with Crippen LogP contribution >= 0.6 is 0 Å². The molecule has 0 aromatic heterocycles. The molecule has 1 aromatic carbocycles. The number of amides is 1. The summed E-state index contributed by atoms with van der Waals surface area (Å²) in [5.74, 6) is -0.586. The number of carbonyl (C=O) groups excluding carboxylic acids is 1. The molecule has 1 fully saturated rings. The Balaban J connectivity index is 1.83. The van der Waals surface area contributed by atoms with Crippen LogP contribution in [0.1, 0.15) is 12.8 Å². The van der Waals surface area contributed by atoms with Gasteiger partial charge in [0.25, 0.3) is 0 Å². The fourth-order valence-corrected chi connectivity index (χ4v) is 1.95. The summed E-state index contributed by atoms with van der Waals surface area (Å²) in [6.45, 7) is 0. The largest absolute Gasteiger partial charge is 0.352 e. The highest BCUT2D eigenvalue weighted by Gasteiger charge is 2.29. The minimum atomic E-state index is -0.510. The van der Waals surface area contributed by atoms with Gasteiger partial charge >= 0.3 is 0 Å². The van der Waals surface area contributed by atoms with Crippen molar-refractivity contribution < 1.29 is 9.18 Å². The maximum Gasteiger partial charge on any atom is 0.234 e. The van der Waals surface area contributed by atoms with E-state index < -0.39 is 5.92 Å². The zero-order valence-corrected chi connectivity index (χ0v) is 10.8. The van der Waals surface area contributed by atoms with Gasteiger partial charge in [-0.05, 0) is 37.1 Å². The second-order valence-electron chi connectivity index (χ2n) is 4.87. The van der Waals surface area contributed by atoms with Crippen molar-refractivity contribution in [3.8, 4) is 0 Å². The van der Waals surface area contributed by atoms with Crippen LogP contribution in [0.25, 0.3) is 0 Å². The van der Waals surface area contributed by atoms with Crippen LogP contribution in [0.2, 0.25) is 0 Å². The number of aliphatic imine (C=N–C) groups is 2. The fraction of sp³-hybridized carbons (Fsp3) is 0.267. The van der Waals surface area contributed by atoms with E-state index in [9.17, 15) is 9.18 Å². The number of nitrogens with zero attached hydrogens (tertiary/aromatic N) is 2. The van der Waals surface area contributed by atoms with E-state index in [1.54, 1.807) is 30.5 Å². The van der Waals surface area contributed by atoms with Crippen LogP contribution < -0.4 is 5.32 Å². The summed E-state index contributed by atoms with van der Waals surface area (Å²) >= 11 is 0. The first-order valence-corrected chi connectivity index (χ1v) is 6.58. The van der Waals surface area contributed by atoms with Crippen LogP contribution in [0.3, 0.4) is 0 Å². The Morgan fingerprint density at radius 2 is 2.25 bits per heavy atom. The summed E-state index contributed by atoms with van der Waals surface area (Å²) in [7, 11) is 0. The minimum Gasteiger partial charge on any atom is -0.352 e. The first kappa shape index (κ1) is 12.7. The number of hydrogen-bond acceptors (Lipinski definition) is 2. The van der Waals surface area contributed by atoms with Gasteiger partial charge in [-0.25, -0.2) is 14.4 Å². The normalized spacial score (nSPS) is 23.1. The van der Waals surface area contributed by atoms with Crippen LogP contribution in [0.5, 0.6) is 0 Å². The third-order valence-electron chi connectivity index (χ3n) is 3.13. The van der Waals surface area contributed by atoms with E-state index in [1.807, 2.05) is 0 Å². The van der Waals surface area contributed by atoms with E-state index in [-0.39, 0.29) is 17.8 Å². The van der Waals surface area contributed by atoms with Crippen molar-refractivity contribution in [3.63, 3.8) is 0 Å². The second-order valence-corrected chi connectivity index (χ2v) is 4.87. The standard InChI is InChI=1S/C15H14FN3O/c16-10-3-1-4-12(9-10)18-14-13(5-2-8-17-14)15(20)19-11-6-7-11/h1-5,8-9,11,13H,6-7H2,(H,19,20). The highest BCUT2D eigenvalue weighted by Crippen LogP contribution is 2.21. The van der Waals surface area contributed by atoms with Crippen LogP contribution in [0, 0.1) is 11.7 Å². The Kier molecular flexibility index (Phi) is 3.41. The average Bonchev–Trinajstić information content (AvgIpc) is 3.23. The van der Waals surface area contributed by atoms with Crippen molar-refractivity contribution in [2.75, 3.05) is 0 Å². The predicted molar refractivity (Wildman–Crippen MR) is 75.8 cm³/mol. The minimum absolute atomic E-state index is 0.101. The maximum absolute atomic E-state index is 13.2. The molecule has 1 N–H and O–H groups in total. The molecule has 1 unspecified atom stereocenters. The van der Waals surface area contributed by atoms with E-state index >= 15 is 0 Å². The number of rotatable bonds is 3. The lowest BCUT2D eigenvalue weighted by atomic mass is 10.1. The molecule has 0 bridgehead atoms. The van der Waals surface area contributed by atoms with Gasteiger partial charge in [0, 0.05) is 12.3 Å². The van der Waals surface area contributed by atoms with E-state index in [0.29, 0.717) is 11.5 Å². The summed E-state index contributed by atoms with van der Waals surface area (Å²) in [6.07, 6.45) is 7.12. The molecule has 1 amide bonds. The monoisotopic (exact) mass is 271 g/mol. The molecule has 20 heavy (non-hydrogen) atoms. The Morgan fingerprint density at radius 3 is 3.00 bits per heavy atom. The van der Waals surface area contributed by atoms with Gasteiger partial charge in [0.2, 0.25) is 5.91 Å². The smallest absolute Gasteiger partial charge is 0.234 e. The predicted octanol–water partition coefficient (Wildman–Crippen LogP) is 2.39. The molecule has 0 saturated heterocycles. The molecule has 3 rings (SSSR count). The average molecular weight is 271 g/mol. The number of dihydropyridines is 1. The lowest BCUT2D eigenvalue weighted by molar-refractivity contribution is -0.122. The number of hydrogen-bond donors (Lipinski definition) is 1. The van der Waals surface area contributed by atoms with Gasteiger partial charge in [-0.15, -0.1) is 0 Å². The van der Waals surface area contributed by atoms with E-state index in [2.05, 4.69) is 15.3 Å². The maximum atomic E-state index is 13.2. The molecule has 0 radical (unpaired) electrons. The van der Waals surface area contributed by atoms with E-state index in [1.165, 1.54) is 12.1 Å². The van der Waals surface area contributed by atoms with Gasteiger partial charge in [0.05, 0.1) is 5.69 Å². The molecular weight excluding hydrogens is 257 g/mol. The topological polar surface area (TPSA) is 53.8 Å². The molecular formula is C15H14FN3O. The first-order valence-electron chi connectivity index (χ1n) is 6.58. The highest BCUT2D eigenvalue weighted by atomic mass is 19.1. The fourth-order valence-electron chi connectivity index (χ4n) is 1.95. The molecule has 1 aliphatic carbocycles. The van der Waals surface area contributed by atoms with Crippen molar-refractivity contribution in [2.45, 2.75) is 18.9 Å². The van der Waals surface area contributed by atoms with Gasteiger partial charge in [0.15, 0.2) is 0 Å². The van der Waals surface area contributed by atoms with Gasteiger partial charge in [0.1, 0.15) is 17.6 Å². The van der Waals surface area contributed by atoms with Gasteiger partial charge < -0.3 is 5.32 Å². The second kappa shape index (κ2) is 5.36. The van der Waals surface area contributed by atoms with Crippen molar-refractivity contribution in [1.82, 2.24) is 5.32 Å². The first-order chi connectivity index (χ1) is 9.72. The van der Waals surface area contributed by atoms with Crippen molar-refractivity contribution >= 4 is 23.6 Å². The Hall–Kier alpha value is -2.30. The summed E-state index contributed by atoms with van der Waals surface area (Å²) in [5.41, 5.74) is 0.455. The molecule has 102 valence electrons. The molecule has 1 atom stereocenters. The Labute approximate surface area is 116 Å². The van der Waals surface area contributed by atoms with E-state index in [0.717, 1.165) is 12.8 Å². The van der Waals surface area contributed by atoms with Gasteiger partial charge in [-0.3, -0.25) is 4.79 Å².